The average Bonchev–Trinajstić information content (AvgIpc) is 3.83. The van der Waals surface area contributed by atoms with Crippen LogP contribution in [0.15, 0.2) is 83.1 Å². The van der Waals surface area contributed by atoms with E-state index in [0.29, 0.717) is 31.1 Å². The molecule has 0 radical (unpaired) electrons. The van der Waals surface area contributed by atoms with Crippen LogP contribution in [0.2, 0.25) is 0 Å². The summed E-state index contributed by atoms with van der Waals surface area (Å²) in [5, 5.41) is 23.6. The Labute approximate surface area is 310 Å². The molecule has 0 aliphatic heterocycles. The van der Waals surface area contributed by atoms with Crippen molar-refractivity contribution < 1.29 is 28.6 Å². The Morgan fingerprint density at radius 2 is 1.60 bits per heavy atom. The molecular weight excluding hydrogens is 681 g/mol. The number of benzene rings is 2. The predicted octanol–water partition coefficient (Wildman–Crippen LogP) is 6.22. The number of ether oxygens (including phenoxy) is 1. The van der Waals surface area contributed by atoms with Crippen molar-refractivity contribution in [3.8, 4) is 0 Å². The third-order valence-corrected chi connectivity index (χ3v) is 10.0. The first kappa shape index (κ1) is 40.0. The first-order valence-corrected chi connectivity index (χ1v) is 18.8. The first-order valence-electron chi connectivity index (χ1n) is 17.9. The van der Waals surface area contributed by atoms with Gasteiger partial charge in [-0.3, -0.25) is 4.79 Å². The van der Waals surface area contributed by atoms with Gasteiger partial charge in [0.15, 0.2) is 18.8 Å². The Hall–Kier alpha value is -4.75. The van der Waals surface area contributed by atoms with Crippen LogP contribution in [0.25, 0.3) is 0 Å². The molecule has 4 aromatic rings. The Morgan fingerprint density at radius 3 is 2.19 bits per heavy atom. The Kier molecular flexibility index (Phi) is 15.6. The third-order valence-electron chi connectivity index (χ3n) is 8.97. The van der Waals surface area contributed by atoms with Gasteiger partial charge in [0.05, 0.1) is 35.6 Å². The van der Waals surface area contributed by atoms with Gasteiger partial charge in [-0.1, -0.05) is 88.4 Å². The molecule has 2 heterocycles. The fraction of sp³-hybridized carbons (Fsp3) is 0.462. The minimum Gasteiger partial charge on any atom is -0.445 e. The largest absolute Gasteiger partial charge is 0.445 e. The van der Waals surface area contributed by atoms with Crippen molar-refractivity contribution in [3.63, 3.8) is 0 Å². The van der Waals surface area contributed by atoms with Crippen LogP contribution < -0.4 is 16.0 Å². The highest BCUT2D eigenvalue weighted by Crippen LogP contribution is 2.26. The topological polar surface area (TPSA) is 159 Å². The number of urea groups is 1. The van der Waals surface area contributed by atoms with Gasteiger partial charge >= 0.3 is 12.1 Å². The van der Waals surface area contributed by atoms with E-state index in [1.807, 2.05) is 79.9 Å². The van der Waals surface area contributed by atoms with Crippen molar-refractivity contribution in [2.24, 2.45) is 5.92 Å². The number of amides is 4. The number of hydrogen-bond donors (Lipinski definition) is 4. The smallest absolute Gasteiger partial charge is 0.407 e. The number of alkyl carbamates (subject to hydrolysis) is 1. The Balaban J connectivity index is 1.46. The molecule has 12 nitrogen and oxygen atoms in total. The van der Waals surface area contributed by atoms with Gasteiger partial charge in [-0.2, -0.15) is 0 Å². The van der Waals surface area contributed by atoms with E-state index in [1.54, 1.807) is 18.4 Å². The first-order chi connectivity index (χ1) is 25.1. The Bertz CT molecular complexity index is 1650. The normalized spacial score (nSPS) is 13.6. The molecule has 0 saturated heterocycles. The van der Waals surface area contributed by atoms with E-state index < -0.39 is 30.3 Å². The standard InChI is InChI=1S/C39H52N6O6S/c1-6-29(7-2)37-42-31(24-52-37)22-45(5)38(48)44-35(26(3)4)36(47)41-30(18-27-14-10-8-11-15-27)20-34(46)33(19-28-16-12-9-13-17-28)43-39(49)50-23-32-21-40-25-51-32/h8-17,21,24-26,29-30,33-35,46H,6-7,18-20,22-23H2,1-5H3,(H,41,47)(H,43,49)(H,44,48)/t30-,33-,34-,35-/m0/s1. The summed E-state index contributed by atoms with van der Waals surface area (Å²) in [6, 6.07) is 16.6. The minimum atomic E-state index is -1.08. The third kappa shape index (κ3) is 12.5. The predicted molar refractivity (Wildman–Crippen MR) is 201 cm³/mol. The Morgan fingerprint density at radius 1 is 0.942 bits per heavy atom. The monoisotopic (exact) mass is 732 g/mol. The summed E-state index contributed by atoms with van der Waals surface area (Å²) < 4.78 is 10.5. The number of oxazole rings is 1. The number of nitrogens with one attached hydrogen (secondary N) is 3. The lowest BCUT2D eigenvalue weighted by Crippen LogP contribution is -2.55. The van der Waals surface area contributed by atoms with E-state index in [2.05, 4.69) is 34.8 Å². The SMILES string of the molecule is CCC(CC)c1nc(CN(C)C(=O)N[C@H](C(=O)N[C@@H](Cc2ccccc2)C[C@H](O)[C@H](Cc2ccccc2)NC(=O)OCc2cnco2)C(C)C)cs1. The zero-order valence-electron chi connectivity index (χ0n) is 30.7. The second-order valence-electron chi connectivity index (χ2n) is 13.4. The van der Waals surface area contributed by atoms with Crippen LogP contribution in [0, 0.1) is 5.92 Å². The molecule has 4 rings (SSSR count). The number of aliphatic hydroxyl groups excluding tert-OH is 1. The van der Waals surface area contributed by atoms with Crippen molar-refractivity contribution in [3.05, 3.63) is 106 Å². The van der Waals surface area contributed by atoms with Gasteiger partial charge in [-0.05, 0) is 49.1 Å². The number of aliphatic hydroxyl groups is 1. The van der Waals surface area contributed by atoms with Crippen LogP contribution in [-0.4, -0.2) is 69.3 Å². The maximum atomic E-state index is 13.9. The molecule has 0 fully saturated rings. The number of aromatic nitrogens is 2. The zero-order valence-corrected chi connectivity index (χ0v) is 31.5. The van der Waals surface area contributed by atoms with Crippen molar-refractivity contribution in [2.75, 3.05) is 7.05 Å². The molecule has 13 heteroatoms. The molecule has 0 aliphatic carbocycles. The van der Waals surface area contributed by atoms with Crippen LogP contribution in [-0.2, 0) is 35.5 Å². The molecule has 0 aliphatic rings. The molecule has 0 unspecified atom stereocenters. The number of carbonyl (C=O) groups excluding carboxylic acids is 3. The van der Waals surface area contributed by atoms with E-state index >= 15 is 0 Å². The van der Waals surface area contributed by atoms with Crippen molar-refractivity contribution in [1.82, 2.24) is 30.8 Å². The number of carbonyl (C=O) groups is 3. The lowest BCUT2D eigenvalue weighted by molar-refractivity contribution is -0.124. The van der Waals surface area contributed by atoms with Gasteiger partial charge < -0.3 is 35.1 Å². The maximum absolute atomic E-state index is 13.9. The van der Waals surface area contributed by atoms with Gasteiger partial charge in [0.2, 0.25) is 5.91 Å². The number of hydrogen-bond acceptors (Lipinski definition) is 9. The molecule has 4 amide bonds. The minimum absolute atomic E-state index is 0.113. The number of rotatable bonds is 19. The lowest BCUT2D eigenvalue weighted by atomic mass is 9.93. The summed E-state index contributed by atoms with van der Waals surface area (Å²) in [7, 11) is 1.69. The van der Waals surface area contributed by atoms with Gasteiger partial charge in [0.1, 0.15) is 6.04 Å². The fourth-order valence-electron chi connectivity index (χ4n) is 5.95. The van der Waals surface area contributed by atoms with Gasteiger partial charge in [0, 0.05) is 24.4 Å². The summed E-state index contributed by atoms with van der Waals surface area (Å²) in [5.74, 6) is 0.187. The molecule has 2 aromatic carbocycles. The fourth-order valence-corrected chi connectivity index (χ4v) is 7.03. The van der Waals surface area contributed by atoms with E-state index in [4.69, 9.17) is 14.1 Å². The lowest BCUT2D eigenvalue weighted by Gasteiger charge is -2.30. The van der Waals surface area contributed by atoms with E-state index in [9.17, 15) is 19.5 Å². The van der Waals surface area contributed by atoms with E-state index in [-0.39, 0.29) is 30.9 Å². The molecule has 4 N–H and O–H groups in total. The highest BCUT2D eigenvalue weighted by molar-refractivity contribution is 7.09. The van der Waals surface area contributed by atoms with Crippen LogP contribution in [0.1, 0.15) is 80.5 Å². The highest BCUT2D eigenvalue weighted by atomic mass is 32.1. The molecule has 2 aromatic heterocycles. The van der Waals surface area contributed by atoms with Crippen LogP contribution in [0.5, 0.6) is 0 Å². The molecule has 4 atom stereocenters. The molecule has 0 saturated carbocycles. The number of thiazole rings is 1. The van der Waals surface area contributed by atoms with Crippen LogP contribution in [0.3, 0.4) is 0 Å². The summed E-state index contributed by atoms with van der Waals surface area (Å²) in [6.07, 6.45) is 3.77. The summed E-state index contributed by atoms with van der Waals surface area (Å²) in [5.41, 5.74) is 2.68. The second kappa shape index (κ2) is 20.3. The average molecular weight is 733 g/mol. The van der Waals surface area contributed by atoms with Gasteiger partial charge in [0.25, 0.3) is 0 Å². The van der Waals surface area contributed by atoms with Crippen LogP contribution >= 0.6 is 11.3 Å². The zero-order chi connectivity index (χ0) is 37.5. The summed E-state index contributed by atoms with van der Waals surface area (Å²) in [4.78, 5) is 50.3. The van der Waals surface area contributed by atoms with E-state index in [1.165, 1.54) is 17.5 Å². The molecule has 0 bridgehead atoms. The molecule has 52 heavy (non-hydrogen) atoms. The highest BCUT2D eigenvalue weighted by Gasteiger charge is 2.31. The van der Waals surface area contributed by atoms with Crippen LogP contribution in [0.4, 0.5) is 9.59 Å². The van der Waals surface area contributed by atoms with Crippen molar-refractivity contribution in [1.29, 1.82) is 0 Å². The van der Waals surface area contributed by atoms with Gasteiger partial charge in [-0.25, -0.2) is 19.6 Å². The summed E-state index contributed by atoms with van der Waals surface area (Å²) in [6.45, 7) is 8.24. The van der Waals surface area contributed by atoms with E-state index in [0.717, 1.165) is 34.7 Å². The number of nitrogens with zero attached hydrogens (tertiary/aromatic N) is 3. The molecular formula is C39H52N6O6S. The quantitative estimate of drug-likeness (QED) is 0.0885. The van der Waals surface area contributed by atoms with Gasteiger partial charge in [-0.15, -0.1) is 11.3 Å². The molecule has 280 valence electrons. The maximum Gasteiger partial charge on any atom is 0.407 e. The molecule has 0 spiro atoms. The second-order valence-corrected chi connectivity index (χ2v) is 14.3. The van der Waals surface area contributed by atoms with Crippen molar-refractivity contribution in [2.45, 2.75) is 103 Å². The van der Waals surface area contributed by atoms with Crippen molar-refractivity contribution >= 4 is 29.4 Å². The summed E-state index contributed by atoms with van der Waals surface area (Å²) >= 11 is 1.61.